The van der Waals surface area contributed by atoms with Gasteiger partial charge in [0.2, 0.25) is 0 Å². The smallest absolute Gasteiger partial charge is 0.124 e. The summed E-state index contributed by atoms with van der Waals surface area (Å²) in [6.45, 7) is 0.403. The molecule has 18 heavy (non-hydrogen) atoms. The van der Waals surface area contributed by atoms with Crippen LogP contribution in [0.1, 0.15) is 11.1 Å². The van der Waals surface area contributed by atoms with Gasteiger partial charge in [0.05, 0.1) is 5.88 Å². The van der Waals surface area contributed by atoms with Gasteiger partial charge in [-0.05, 0) is 35.9 Å². The van der Waals surface area contributed by atoms with Crippen molar-refractivity contribution in [2.24, 2.45) is 0 Å². The molecule has 4 heteroatoms. The number of phenols is 1. The molecule has 0 spiro atoms. The van der Waals surface area contributed by atoms with Crippen LogP contribution in [-0.2, 0) is 12.5 Å². The minimum absolute atomic E-state index is 0.240. The average molecular weight is 328 g/mol. The molecule has 0 aliphatic carbocycles. The quantitative estimate of drug-likeness (QED) is 0.839. The Morgan fingerprint density at radius 2 is 2.00 bits per heavy atom. The van der Waals surface area contributed by atoms with E-state index in [2.05, 4.69) is 15.9 Å². The summed E-state index contributed by atoms with van der Waals surface area (Å²) in [4.78, 5) is 0. The molecule has 0 heterocycles. The van der Waals surface area contributed by atoms with E-state index in [-0.39, 0.29) is 5.75 Å². The van der Waals surface area contributed by atoms with Crippen molar-refractivity contribution in [1.29, 1.82) is 0 Å². The fourth-order valence-corrected chi connectivity index (χ4v) is 2.22. The van der Waals surface area contributed by atoms with Crippen LogP contribution in [0.15, 0.2) is 46.9 Å². The summed E-state index contributed by atoms with van der Waals surface area (Å²) in [5.74, 6) is 1.40. The van der Waals surface area contributed by atoms with Crippen LogP contribution in [0, 0.1) is 0 Å². The Morgan fingerprint density at radius 1 is 1.17 bits per heavy atom. The summed E-state index contributed by atoms with van der Waals surface area (Å²) in [6.07, 6.45) is 0. The first kappa shape index (κ1) is 13.2. The van der Waals surface area contributed by atoms with Crippen LogP contribution >= 0.6 is 27.5 Å². The van der Waals surface area contributed by atoms with Gasteiger partial charge in [0.1, 0.15) is 18.1 Å². The standard InChI is InChI=1S/C14H12BrClO2/c15-12-4-5-14(11(7-12)8-16)18-9-10-2-1-3-13(17)6-10/h1-7,17H,8-9H2. The Hall–Kier alpha value is -1.19. The third-order valence-corrected chi connectivity index (χ3v) is 3.25. The predicted octanol–water partition coefficient (Wildman–Crippen LogP) is 4.47. The fourth-order valence-electron chi connectivity index (χ4n) is 1.60. The van der Waals surface area contributed by atoms with Crippen LogP contribution in [0.2, 0.25) is 0 Å². The number of ether oxygens (including phenoxy) is 1. The highest BCUT2D eigenvalue weighted by Gasteiger charge is 2.04. The second-order valence-corrected chi connectivity index (χ2v) is 5.03. The summed E-state index contributed by atoms with van der Waals surface area (Å²) in [5.41, 5.74) is 1.85. The molecular weight excluding hydrogens is 316 g/mol. The lowest BCUT2D eigenvalue weighted by molar-refractivity contribution is 0.303. The number of alkyl halides is 1. The van der Waals surface area contributed by atoms with Crippen LogP contribution in [0.5, 0.6) is 11.5 Å². The van der Waals surface area contributed by atoms with Crippen molar-refractivity contribution in [2.75, 3.05) is 0 Å². The zero-order chi connectivity index (χ0) is 13.0. The molecular formula is C14H12BrClO2. The molecule has 0 fully saturated rings. The molecule has 0 radical (unpaired) electrons. The summed E-state index contributed by atoms with van der Waals surface area (Å²) in [6, 6.07) is 12.7. The molecule has 0 saturated heterocycles. The molecule has 2 aromatic rings. The highest BCUT2D eigenvalue weighted by atomic mass is 79.9. The zero-order valence-electron chi connectivity index (χ0n) is 9.57. The number of rotatable bonds is 4. The second-order valence-electron chi connectivity index (χ2n) is 3.84. The molecule has 0 saturated carbocycles. The lowest BCUT2D eigenvalue weighted by Crippen LogP contribution is -1.97. The normalized spacial score (nSPS) is 10.3. The Labute approximate surface area is 119 Å². The minimum Gasteiger partial charge on any atom is -0.508 e. The van der Waals surface area contributed by atoms with Crippen LogP contribution in [0.3, 0.4) is 0 Å². The van der Waals surface area contributed by atoms with Crippen molar-refractivity contribution >= 4 is 27.5 Å². The van der Waals surface area contributed by atoms with E-state index in [1.807, 2.05) is 24.3 Å². The van der Waals surface area contributed by atoms with Gasteiger partial charge in [-0.3, -0.25) is 0 Å². The van der Waals surface area contributed by atoms with Gasteiger partial charge >= 0.3 is 0 Å². The van der Waals surface area contributed by atoms with Gasteiger partial charge in [0, 0.05) is 10.0 Å². The molecule has 1 N–H and O–H groups in total. The third kappa shape index (κ3) is 3.40. The van der Waals surface area contributed by atoms with Crippen LogP contribution < -0.4 is 4.74 Å². The molecule has 0 unspecified atom stereocenters. The summed E-state index contributed by atoms with van der Waals surface area (Å²) in [5, 5.41) is 9.36. The molecule has 0 aromatic heterocycles. The van der Waals surface area contributed by atoms with Gasteiger partial charge in [-0.1, -0.05) is 28.1 Å². The van der Waals surface area contributed by atoms with E-state index in [0.717, 1.165) is 21.3 Å². The monoisotopic (exact) mass is 326 g/mol. The minimum atomic E-state index is 0.240. The van der Waals surface area contributed by atoms with Gasteiger partial charge in [0.15, 0.2) is 0 Å². The van der Waals surface area contributed by atoms with Crippen LogP contribution in [-0.4, -0.2) is 5.11 Å². The van der Waals surface area contributed by atoms with E-state index in [1.54, 1.807) is 18.2 Å². The average Bonchev–Trinajstić information content (AvgIpc) is 2.37. The highest BCUT2D eigenvalue weighted by molar-refractivity contribution is 9.10. The molecule has 2 rings (SSSR count). The Balaban J connectivity index is 2.10. The lowest BCUT2D eigenvalue weighted by atomic mass is 10.2. The lowest BCUT2D eigenvalue weighted by Gasteiger charge is -2.10. The first-order valence-corrected chi connectivity index (χ1v) is 6.77. The molecule has 0 atom stereocenters. The van der Waals surface area contributed by atoms with E-state index < -0.39 is 0 Å². The predicted molar refractivity (Wildman–Crippen MR) is 76.1 cm³/mol. The molecule has 2 nitrogen and oxygen atoms in total. The Kier molecular flexibility index (Phi) is 4.50. The maximum atomic E-state index is 9.36. The van der Waals surface area contributed by atoms with Crippen molar-refractivity contribution < 1.29 is 9.84 Å². The molecule has 94 valence electrons. The van der Waals surface area contributed by atoms with E-state index in [9.17, 15) is 5.11 Å². The number of phenolic OH excluding ortho intramolecular Hbond substituents is 1. The first-order chi connectivity index (χ1) is 8.69. The van der Waals surface area contributed by atoms with Crippen LogP contribution in [0.4, 0.5) is 0 Å². The van der Waals surface area contributed by atoms with E-state index in [4.69, 9.17) is 16.3 Å². The third-order valence-electron chi connectivity index (χ3n) is 2.47. The molecule has 0 aliphatic heterocycles. The number of halogens is 2. The summed E-state index contributed by atoms with van der Waals surface area (Å²) >= 11 is 9.27. The van der Waals surface area contributed by atoms with E-state index >= 15 is 0 Å². The zero-order valence-corrected chi connectivity index (χ0v) is 11.9. The Morgan fingerprint density at radius 3 is 2.72 bits per heavy atom. The van der Waals surface area contributed by atoms with Gasteiger partial charge < -0.3 is 9.84 Å². The van der Waals surface area contributed by atoms with Crippen molar-refractivity contribution in [3.63, 3.8) is 0 Å². The van der Waals surface area contributed by atoms with E-state index in [0.29, 0.717) is 12.5 Å². The molecule has 2 aromatic carbocycles. The number of hydrogen-bond donors (Lipinski definition) is 1. The largest absolute Gasteiger partial charge is 0.508 e. The summed E-state index contributed by atoms with van der Waals surface area (Å²) < 4.78 is 6.68. The first-order valence-electron chi connectivity index (χ1n) is 5.44. The molecule has 0 amide bonds. The van der Waals surface area contributed by atoms with Crippen LogP contribution in [0.25, 0.3) is 0 Å². The van der Waals surface area contributed by atoms with Crippen molar-refractivity contribution in [1.82, 2.24) is 0 Å². The molecule has 0 bridgehead atoms. The maximum absolute atomic E-state index is 9.36. The van der Waals surface area contributed by atoms with Gasteiger partial charge in [0.25, 0.3) is 0 Å². The molecule has 0 aliphatic rings. The number of benzene rings is 2. The van der Waals surface area contributed by atoms with Gasteiger partial charge in [-0.2, -0.15) is 0 Å². The topological polar surface area (TPSA) is 29.5 Å². The van der Waals surface area contributed by atoms with Crippen molar-refractivity contribution in [2.45, 2.75) is 12.5 Å². The number of aromatic hydroxyl groups is 1. The highest BCUT2D eigenvalue weighted by Crippen LogP contribution is 2.25. The van der Waals surface area contributed by atoms with Crippen molar-refractivity contribution in [3.05, 3.63) is 58.1 Å². The summed E-state index contributed by atoms with van der Waals surface area (Å²) in [7, 11) is 0. The SMILES string of the molecule is Oc1cccc(COc2ccc(Br)cc2CCl)c1. The Bertz CT molecular complexity index is 543. The second kappa shape index (κ2) is 6.12. The van der Waals surface area contributed by atoms with E-state index in [1.165, 1.54) is 0 Å². The van der Waals surface area contributed by atoms with Gasteiger partial charge in [-0.25, -0.2) is 0 Å². The fraction of sp³-hybridized carbons (Fsp3) is 0.143. The number of hydrogen-bond acceptors (Lipinski definition) is 2. The van der Waals surface area contributed by atoms with Gasteiger partial charge in [-0.15, -0.1) is 11.6 Å². The maximum Gasteiger partial charge on any atom is 0.124 e. The van der Waals surface area contributed by atoms with Crippen molar-refractivity contribution in [3.8, 4) is 11.5 Å².